The molecule has 1 aliphatic carbocycles. The van der Waals surface area contributed by atoms with Crippen LogP contribution in [0.2, 0.25) is 0 Å². The molecule has 0 amide bonds. The van der Waals surface area contributed by atoms with Gasteiger partial charge in [-0.3, -0.25) is 0 Å². The van der Waals surface area contributed by atoms with Gasteiger partial charge in [-0.25, -0.2) is 0 Å². The molecule has 0 aromatic heterocycles. The molecule has 0 radical (unpaired) electrons. The third-order valence-electron chi connectivity index (χ3n) is 3.20. The van der Waals surface area contributed by atoms with Gasteiger partial charge in [-0.2, -0.15) is 0 Å². The van der Waals surface area contributed by atoms with E-state index in [-0.39, 0.29) is 12.1 Å². The summed E-state index contributed by atoms with van der Waals surface area (Å²) in [7, 11) is 0. The van der Waals surface area contributed by atoms with Gasteiger partial charge >= 0.3 is 0 Å². The fourth-order valence-electron chi connectivity index (χ4n) is 2.34. The number of rotatable bonds is 2. The molecular weight excluding hydrogens is 214 g/mol. The largest absolute Gasteiger partial charge is 0.491 e. The molecule has 0 saturated heterocycles. The van der Waals surface area contributed by atoms with Crippen LogP contribution in [0.25, 0.3) is 0 Å². The SMILES string of the molecule is CC(C)Oc1ccc2c(c1)C(O)C(N)CCC2. The molecule has 0 aliphatic heterocycles. The Bertz CT molecular complexity index is 390. The molecule has 0 saturated carbocycles. The van der Waals surface area contributed by atoms with Crippen LogP contribution in [0, 0.1) is 0 Å². The molecule has 1 aromatic carbocycles. The summed E-state index contributed by atoms with van der Waals surface area (Å²) in [6.45, 7) is 3.99. The normalized spacial score (nSPS) is 24.3. The van der Waals surface area contributed by atoms with Crippen molar-refractivity contribution in [3.63, 3.8) is 0 Å². The maximum Gasteiger partial charge on any atom is 0.120 e. The number of ether oxygens (including phenoxy) is 1. The van der Waals surface area contributed by atoms with Crippen molar-refractivity contribution in [1.82, 2.24) is 0 Å². The van der Waals surface area contributed by atoms with E-state index >= 15 is 0 Å². The van der Waals surface area contributed by atoms with Gasteiger partial charge in [-0.05, 0) is 56.4 Å². The van der Waals surface area contributed by atoms with E-state index in [0.717, 1.165) is 30.6 Å². The molecule has 2 rings (SSSR count). The quantitative estimate of drug-likeness (QED) is 0.772. The third kappa shape index (κ3) is 2.79. The number of hydrogen-bond acceptors (Lipinski definition) is 3. The Kier molecular flexibility index (Phi) is 3.69. The van der Waals surface area contributed by atoms with Gasteiger partial charge in [0.2, 0.25) is 0 Å². The Morgan fingerprint density at radius 3 is 2.88 bits per heavy atom. The second kappa shape index (κ2) is 5.07. The number of aliphatic hydroxyl groups is 1. The molecule has 1 aliphatic rings. The first kappa shape index (κ1) is 12.4. The van der Waals surface area contributed by atoms with Crippen LogP contribution in [0.1, 0.15) is 43.9 Å². The number of aliphatic hydroxyl groups excluding tert-OH is 1. The van der Waals surface area contributed by atoms with E-state index in [0.29, 0.717) is 0 Å². The number of benzene rings is 1. The zero-order chi connectivity index (χ0) is 12.4. The minimum atomic E-state index is -0.566. The summed E-state index contributed by atoms with van der Waals surface area (Å²) in [6.07, 6.45) is 2.47. The lowest BCUT2D eigenvalue weighted by atomic mass is 9.99. The first-order valence-electron chi connectivity index (χ1n) is 6.31. The molecule has 0 fully saturated rings. The van der Waals surface area contributed by atoms with Crippen LogP contribution in [0.5, 0.6) is 5.75 Å². The average Bonchev–Trinajstić information content (AvgIpc) is 2.40. The standard InChI is InChI=1S/C14H21NO2/c1-9(2)17-11-7-6-10-4-3-5-13(15)14(16)12(10)8-11/h6-9,13-14,16H,3-5,15H2,1-2H3. The summed E-state index contributed by atoms with van der Waals surface area (Å²) >= 11 is 0. The molecule has 0 spiro atoms. The average molecular weight is 235 g/mol. The number of fused-ring (bicyclic) bond motifs is 1. The maximum atomic E-state index is 10.2. The van der Waals surface area contributed by atoms with E-state index in [1.54, 1.807) is 0 Å². The Morgan fingerprint density at radius 1 is 1.41 bits per heavy atom. The van der Waals surface area contributed by atoms with Crippen molar-refractivity contribution in [2.75, 3.05) is 0 Å². The van der Waals surface area contributed by atoms with Crippen LogP contribution >= 0.6 is 0 Å². The van der Waals surface area contributed by atoms with Gasteiger partial charge in [0.15, 0.2) is 0 Å². The summed E-state index contributed by atoms with van der Waals surface area (Å²) in [6, 6.07) is 5.80. The van der Waals surface area contributed by atoms with Crippen molar-refractivity contribution in [3.8, 4) is 5.75 Å². The molecule has 17 heavy (non-hydrogen) atoms. The predicted octanol–water partition coefficient (Wildman–Crippen LogP) is 2.17. The molecule has 3 N–H and O–H groups in total. The summed E-state index contributed by atoms with van der Waals surface area (Å²) in [5.41, 5.74) is 8.09. The van der Waals surface area contributed by atoms with E-state index in [1.807, 2.05) is 32.0 Å². The Balaban J connectivity index is 2.31. The molecule has 0 bridgehead atoms. The van der Waals surface area contributed by atoms with Gasteiger partial charge < -0.3 is 15.6 Å². The van der Waals surface area contributed by atoms with Crippen molar-refractivity contribution in [2.45, 2.75) is 51.4 Å². The third-order valence-corrected chi connectivity index (χ3v) is 3.20. The van der Waals surface area contributed by atoms with Crippen molar-refractivity contribution >= 4 is 0 Å². The highest BCUT2D eigenvalue weighted by molar-refractivity contribution is 5.38. The Morgan fingerprint density at radius 2 is 2.18 bits per heavy atom. The monoisotopic (exact) mass is 235 g/mol. The first-order valence-corrected chi connectivity index (χ1v) is 6.31. The van der Waals surface area contributed by atoms with E-state index in [9.17, 15) is 5.11 Å². The topological polar surface area (TPSA) is 55.5 Å². The molecular formula is C14H21NO2. The van der Waals surface area contributed by atoms with Gasteiger partial charge in [0.05, 0.1) is 12.2 Å². The smallest absolute Gasteiger partial charge is 0.120 e. The van der Waals surface area contributed by atoms with Gasteiger partial charge in [0.1, 0.15) is 5.75 Å². The van der Waals surface area contributed by atoms with E-state index in [1.165, 1.54) is 5.56 Å². The van der Waals surface area contributed by atoms with E-state index in [4.69, 9.17) is 10.5 Å². The highest BCUT2D eigenvalue weighted by Crippen LogP contribution is 2.31. The molecule has 1 aromatic rings. The lowest BCUT2D eigenvalue weighted by Gasteiger charge is -2.19. The van der Waals surface area contributed by atoms with Gasteiger partial charge in [-0.1, -0.05) is 6.07 Å². The second-order valence-electron chi connectivity index (χ2n) is 5.03. The second-order valence-corrected chi connectivity index (χ2v) is 5.03. The van der Waals surface area contributed by atoms with Gasteiger partial charge in [-0.15, -0.1) is 0 Å². The van der Waals surface area contributed by atoms with Crippen molar-refractivity contribution in [2.24, 2.45) is 5.73 Å². The van der Waals surface area contributed by atoms with Crippen molar-refractivity contribution in [1.29, 1.82) is 0 Å². The highest BCUT2D eigenvalue weighted by atomic mass is 16.5. The maximum absolute atomic E-state index is 10.2. The summed E-state index contributed by atoms with van der Waals surface area (Å²) in [5.74, 6) is 0.812. The van der Waals surface area contributed by atoms with Gasteiger partial charge in [0, 0.05) is 6.04 Å². The Labute approximate surface area is 103 Å². The fraction of sp³-hybridized carbons (Fsp3) is 0.571. The van der Waals surface area contributed by atoms with Crippen LogP contribution < -0.4 is 10.5 Å². The van der Waals surface area contributed by atoms with Crippen molar-refractivity contribution in [3.05, 3.63) is 29.3 Å². The fourth-order valence-corrected chi connectivity index (χ4v) is 2.34. The lowest BCUT2D eigenvalue weighted by Crippen LogP contribution is -2.27. The molecule has 0 heterocycles. The van der Waals surface area contributed by atoms with Crippen LogP contribution in [-0.2, 0) is 6.42 Å². The minimum absolute atomic E-state index is 0.143. The molecule has 2 unspecified atom stereocenters. The lowest BCUT2D eigenvalue weighted by molar-refractivity contribution is 0.143. The van der Waals surface area contributed by atoms with Crippen molar-refractivity contribution < 1.29 is 9.84 Å². The van der Waals surface area contributed by atoms with E-state index < -0.39 is 6.10 Å². The van der Waals surface area contributed by atoms with Crippen LogP contribution in [0.15, 0.2) is 18.2 Å². The van der Waals surface area contributed by atoms with Crippen LogP contribution in [-0.4, -0.2) is 17.3 Å². The Hall–Kier alpha value is -1.06. The predicted molar refractivity (Wildman–Crippen MR) is 68.1 cm³/mol. The van der Waals surface area contributed by atoms with Gasteiger partial charge in [0.25, 0.3) is 0 Å². The molecule has 2 atom stereocenters. The summed E-state index contributed by atoms with van der Waals surface area (Å²) in [5, 5.41) is 10.2. The van der Waals surface area contributed by atoms with Crippen LogP contribution in [0.3, 0.4) is 0 Å². The first-order chi connectivity index (χ1) is 8.08. The molecule has 3 nitrogen and oxygen atoms in total. The number of nitrogens with two attached hydrogens (primary N) is 1. The molecule has 94 valence electrons. The zero-order valence-electron chi connectivity index (χ0n) is 10.5. The summed E-state index contributed by atoms with van der Waals surface area (Å²) in [4.78, 5) is 0. The highest BCUT2D eigenvalue weighted by Gasteiger charge is 2.23. The number of hydrogen-bond donors (Lipinski definition) is 2. The molecule has 3 heteroatoms. The van der Waals surface area contributed by atoms with E-state index in [2.05, 4.69) is 0 Å². The number of aryl methyl sites for hydroxylation is 1. The minimum Gasteiger partial charge on any atom is -0.491 e. The summed E-state index contributed by atoms with van der Waals surface area (Å²) < 4.78 is 5.65. The zero-order valence-corrected chi connectivity index (χ0v) is 10.5. The van der Waals surface area contributed by atoms with Crippen LogP contribution in [0.4, 0.5) is 0 Å².